The Morgan fingerprint density at radius 2 is 2.00 bits per heavy atom. The topological polar surface area (TPSA) is 29.5 Å². The molecule has 0 aromatic heterocycles. The van der Waals surface area contributed by atoms with Gasteiger partial charge >= 0.3 is 6.09 Å². The van der Waals surface area contributed by atoms with Crippen molar-refractivity contribution in [2.24, 2.45) is 0 Å². The van der Waals surface area contributed by atoms with Crippen molar-refractivity contribution in [1.29, 1.82) is 0 Å². The van der Waals surface area contributed by atoms with Gasteiger partial charge in [-0.25, -0.2) is 9.10 Å². The van der Waals surface area contributed by atoms with Gasteiger partial charge in [-0.3, -0.25) is 0 Å². The third-order valence-electron chi connectivity index (χ3n) is 0.773. The summed E-state index contributed by atoms with van der Waals surface area (Å²) in [5.41, 5.74) is -0.436. The normalized spacial score (nSPS) is 11.0. The predicted octanol–water partition coefficient (Wildman–Crippen LogP) is 2.35. The van der Waals surface area contributed by atoms with Crippen LogP contribution in [0, 0.1) is 0 Å². The second kappa shape index (κ2) is 4.11. The average molecular weight is 195 g/mol. The van der Waals surface area contributed by atoms with Crippen molar-refractivity contribution in [3.63, 3.8) is 0 Å². The lowest BCUT2D eigenvalue weighted by Crippen LogP contribution is -2.29. The zero-order valence-corrected chi connectivity index (χ0v) is 8.83. The Bertz CT molecular complexity index is 144. The molecule has 0 saturated heterocycles. The quantitative estimate of drug-likeness (QED) is 0.395. The van der Waals surface area contributed by atoms with Gasteiger partial charge in [-0.05, 0) is 20.8 Å². The van der Waals surface area contributed by atoms with Gasteiger partial charge in [-0.1, -0.05) is 11.7 Å². The van der Waals surface area contributed by atoms with Crippen molar-refractivity contribution < 1.29 is 9.53 Å². The molecule has 0 aliphatic heterocycles. The number of amides is 1. The van der Waals surface area contributed by atoms with E-state index in [1.165, 1.54) is 4.31 Å². The van der Waals surface area contributed by atoms with Crippen LogP contribution in [0.2, 0.25) is 0 Å². The minimum Gasteiger partial charge on any atom is -0.443 e. The summed E-state index contributed by atoms with van der Waals surface area (Å²) in [7, 11) is 2.63. The third-order valence-corrected chi connectivity index (χ3v) is 1.90. The number of carbonyl (C=O) groups excluding carboxylic acids is 1. The summed E-state index contributed by atoms with van der Waals surface area (Å²) in [4.78, 5) is 11.0. The molecule has 66 valence electrons. The van der Waals surface area contributed by atoms with Gasteiger partial charge in [-0.15, -0.1) is 0 Å². The van der Waals surface area contributed by atoms with E-state index in [1.54, 1.807) is 7.05 Å². The highest BCUT2D eigenvalue weighted by molar-refractivity contribution is 8.67. The van der Waals surface area contributed by atoms with Crippen LogP contribution in [-0.2, 0) is 4.74 Å². The molecule has 0 N–H and O–H groups in total. The van der Waals surface area contributed by atoms with E-state index in [-0.39, 0.29) is 6.09 Å². The lowest BCUT2D eigenvalue weighted by Gasteiger charge is -2.22. The monoisotopic (exact) mass is 195 g/mol. The van der Waals surface area contributed by atoms with Gasteiger partial charge in [0.25, 0.3) is 0 Å². The van der Waals surface area contributed by atoms with Crippen LogP contribution < -0.4 is 0 Å². The molecule has 0 unspecified atom stereocenters. The third kappa shape index (κ3) is 5.26. The maximum Gasteiger partial charge on any atom is 0.420 e. The highest BCUT2D eigenvalue weighted by Crippen LogP contribution is 2.16. The SMILES string of the molecule is CN(SS)C(=O)OC(C)(C)C. The molecule has 0 aromatic carbocycles. The Labute approximate surface area is 76.4 Å². The minimum atomic E-state index is -0.436. The molecule has 0 bridgehead atoms. The molecule has 0 aliphatic carbocycles. The molecule has 0 aromatic rings. The molecule has 0 saturated carbocycles. The molecule has 0 aliphatic rings. The number of hydrogen-bond donors (Lipinski definition) is 1. The summed E-state index contributed by atoms with van der Waals surface area (Å²) in [6.45, 7) is 5.46. The lowest BCUT2D eigenvalue weighted by molar-refractivity contribution is 0.0434. The molecule has 0 atom stereocenters. The Balaban J connectivity index is 3.88. The molecular formula is C6H13NO2S2. The minimum absolute atomic E-state index is 0.377. The maximum absolute atomic E-state index is 11.0. The Morgan fingerprint density at radius 3 is 2.27 bits per heavy atom. The van der Waals surface area contributed by atoms with Crippen LogP contribution >= 0.6 is 22.6 Å². The maximum atomic E-state index is 11.0. The fourth-order valence-electron chi connectivity index (χ4n) is 0.360. The van der Waals surface area contributed by atoms with Crippen molar-refractivity contribution in [3.05, 3.63) is 0 Å². The smallest absolute Gasteiger partial charge is 0.420 e. The van der Waals surface area contributed by atoms with Crippen molar-refractivity contribution in [3.8, 4) is 0 Å². The van der Waals surface area contributed by atoms with Crippen LogP contribution in [0.3, 0.4) is 0 Å². The molecule has 0 radical (unpaired) electrons. The van der Waals surface area contributed by atoms with Crippen molar-refractivity contribution in [2.75, 3.05) is 7.05 Å². The van der Waals surface area contributed by atoms with E-state index in [0.717, 1.165) is 11.0 Å². The van der Waals surface area contributed by atoms with Gasteiger partial charge in [0.1, 0.15) is 5.60 Å². The van der Waals surface area contributed by atoms with Gasteiger partial charge in [-0.2, -0.15) is 0 Å². The Hall–Kier alpha value is -0.0300. The van der Waals surface area contributed by atoms with E-state index in [9.17, 15) is 4.79 Å². The molecule has 0 heterocycles. The van der Waals surface area contributed by atoms with Gasteiger partial charge in [0, 0.05) is 18.0 Å². The number of thiol groups is 1. The molecule has 11 heavy (non-hydrogen) atoms. The zero-order chi connectivity index (χ0) is 9.07. The van der Waals surface area contributed by atoms with Crippen molar-refractivity contribution >= 4 is 28.7 Å². The van der Waals surface area contributed by atoms with Crippen LogP contribution in [0.15, 0.2) is 0 Å². The average Bonchev–Trinajstić information content (AvgIpc) is 1.82. The zero-order valence-electron chi connectivity index (χ0n) is 7.12. The summed E-state index contributed by atoms with van der Waals surface area (Å²) < 4.78 is 6.32. The van der Waals surface area contributed by atoms with Gasteiger partial charge in [0.05, 0.1) is 0 Å². The van der Waals surface area contributed by atoms with E-state index < -0.39 is 5.60 Å². The fourth-order valence-corrected chi connectivity index (χ4v) is 0.663. The number of ether oxygens (including phenoxy) is 1. The summed E-state index contributed by atoms with van der Waals surface area (Å²) in [6, 6.07) is 0. The first-order chi connectivity index (χ1) is 4.87. The van der Waals surface area contributed by atoms with Crippen molar-refractivity contribution in [2.45, 2.75) is 26.4 Å². The molecule has 0 rings (SSSR count). The molecule has 5 heteroatoms. The van der Waals surface area contributed by atoms with Crippen LogP contribution in [0.25, 0.3) is 0 Å². The van der Waals surface area contributed by atoms with E-state index >= 15 is 0 Å². The van der Waals surface area contributed by atoms with Gasteiger partial charge in [0.2, 0.25) is 0 Å². The van der Waals surface area contributed by atoms with Crippen LogP contribution in [0.1, 0.15) is 20.8 Å². The van der Waals surface area contributed by atoms with Gasteiger partial charge in [0.15, 0.2) is 0 Å². The van der Waals surface area contributed by atoms with Crippen LogP contribution in [0.5, 0.6) is 0 Å². The molecular weight excluding hydrogens is 182 g/mol. The molecule has 1 amide bonds. The van der Waals surface area contributed by atoms with Gasteiger partial charge < -0.3 is 4.74 Å². The number of nitrogens with zero attached hydrogens (tertiary/aromatic N) is 1. The Kier molecular flexibility index (Phi) is 4.10. The summed E-state index contributed by atoms with van der Waals surface area (Å²) in [5, 5.41) is 0. The molecule has 0 fully saturated rings. The second-order valence-corrected chi connectivity index (χ2v) is 4.26. The first-order valence-electron chi connectivity index (χ1n) is 3.15. The van der Waals surface area contributed by atoms with E-state index in [1.807, 2.05) is 20.8 Å². The van der Waals surface area contributed by atoms with E-state index in [4.69, 9.17) is 4.74 Å². The molecule has 0 spiro atoms. The lowest BCUT2D eigenvalue weighted by atomic mass is 10.2. The number of carbonyl (C=O) groups is 1. The number of hydrogen-bond acceptors (Lipinski definition) is 4. The second-order valence-electron chi connectivity index (χ2n) is 3.06. The fraction of sp³-hybridized carbons (Fsp3) is 0.833. The summed E-state index contributed by atoms with van der Waals surface area (Å²) >= 11 is 3.85. The first kappa shape index (κ1) is 11.0. The highest BCUT2D eigenvalue weighted by atomic mass is 33.1. The van der Waals surface area contributed by atoms with Crippen LogP contribution in [-0.4, -0.2) is 23.0 Å². The summed E-state index contributed by atoms with van der Waals surface area (Å²) in [5.74, 6) is 0. The standard InChI is InChI=1S/C6H13NO2S2/c1-6(2,3)9-5(8)7(4)11-10/h10H,1-4H3. The summed E-state index contributed by atoms with van der Waals surface area (Å²) in [6.07, 6.45) is -0.377. The largest absolute Gasteiger partial charge is 0.443 e. The highest BCUT2D eigenvalue weighted by Gasteiger charge is 2.18. The van der Waals surface area contributed by atoms with Crippen molar-refractivity contribution in [1.82, 2.24) is 4.31 Å². The predicted molar refractivity (Wildman–Crippen MR) is 50.6 cm³/mol. The van der Waals surface area contributed by atoms with Crippen LogP contribution in [0.4, 0.5) is 4.79 Å². The van der Waals surface area contributed by atoms with E-state index in [2.05, 4.69) is 11.7 Å². The first-order valence-corrected chi connectivity index (χ1v) is 4.97. The number of rotatable bonds is 1. The molecule has 3 nitrogen and oxygen atoms in total. The Morgan fingerprint density at radius 1 is 1.55 bits per heavy atom. The van der Waals surface area contributed by atoms with E-state index in [0.29, 0.717) is 0 Å².